The Morgan fingerprint density at radius 3 is 2.33 bits per heavy atom. The van der Waals surface area contributed by atoms with E-state index in [-0.39, 0.29) is 41.5 Å². The van der Waals surface area contributed by atoms with E-state index in [0.717, 1.165) is 23.5 Å². The smallest absolute Gasteiger partial charge is 0.261 e. The van der Waals surface area contributed by atoms with Crippen molar-refractivity contribution in [3.63, 3.8) is 0 Å². The van der Waals surface area contributed by atoms with E-state index in [1.807, 2.05) is 0 Å². The summed E-state index contributed by atoms with van der Waals surface area (Å²) >= 11 is 0. The van der Waals surface area contributed by atoms with Gasteiger partial charge in [-0.05, 0) is 42.7 Å². The van der Waals surface area contributed by atoms with E-state index < -0.39 is 0 Å². The van der Waals surface area contributed by atoms with Crippen LogP contribution in [0.25, 0.3) is 0 Å². The van der Waals surface area contributed by atoms with Gasteiger partial charge in [0.15, 0.2) is 0 Å². The summed E-state index contributed by atoms with van der Waals surface area (Å²) in [4.78, 5) is 38.1. The van der Waals surface area contributed by atoms with Gasteiger partial charge in [0.25, 0.3) is 11.8 Å². The number of hydrogen-bond acceptors (Lipinski definition) is 4. The molecule has 0 spiro atoms. The molecule has 3 amide bonds. The van der Waals surface area contributed by atoms with E-state index in [0.29, 0.717) is 17.0 Å². The van der Waals surface area contributed by atoms with Gasteiger partial charge in [0.05, 0.1) is 11.1 Å². The second-order valence-corrected chi connectivity index (χ2v) is 8.64. The number of fused-ring (bicyclic) bond motifs is 3. The van der Waals surface area contributed by atoms with E-state index in [1.165, 1.54) is 6.42 Å². The first kappa shape index (κ1) is 17.9. The third-order valence-corrected chi connectivity index (χ3v) is 7.27. The first-order valence-electron chi connectivity index (χ1n) is 9.57. The molecule has 2 atom stereocenters. The first-order chi connectivity index (χ1) is 12.8. The standard InChI is InChI=1S/C21H25N3O3/c1-20(2)13-8-10-21(20,3)16(12-13)22-23-17(25)9-11-24-18(26)14-6-4-5-7-15(14)19(24)27/h4-7,13H,8-12H2,1-3H3,(H,23,25)/b22-16+/t13-,21-/m1/s1. The molecule has 1 aliphatic heterocycles. The molecule has 2 aliphatic carbocycles. The molecule has 2 saturated carbocycles. The quantitative estimate of drug-likeness (QED) is 0.656. The fraction of sp³-hybridized carbons (Fsp3) is 0.524. The van der Waals surface area contributed by atoms with Gasteiger partial charge in [-0.2, -0.15) is 5.10 Å². The van der Waals surface area contributed by atoms with Gasteiger partial charge in [0, 0.05) is 24.1 Å². The first-order valence-corrected chi connectivity index (χ1v) is 9.57. The minimum Gasteiger partial charge on any atom is -0.274 e. The molecule has 1 heterocycles. The van der Waals surface area contributed by atoms with Gasteiger partial charge in [0.2, 0.25) is 5.91 Å². The number of carbonyl (C=O) groups is 3. The van der Waals surface area contributed by atoms with Crippen LogP contribution in [0.5, 0.6) is 0 Å². The number of carbonyl (C=O) groups excluding carboxylic acids is 3. The maximum absolute atomic E-state index is 12.3. The van der Waals surface area contributed by atoms with Crippen LogP contribution in [0.15, 0.2) is 29.4 Å². The van der Waals surface area contributed by atoms with Gasteiger partial charge in [-0.25, -0.2) is 5.43 Å². The lowest BCUT2D eigenvalue weighted by atomic mass is 9.70. The van der Waals surface area contributed by atoms with Gasteiger partial charge >= 0.3 is 0 Å². The number of amides is 3. The van der Waals surface area contributed by atoms with Crippen LogP contribution in [0.2, 0.25) is 0 Å². The molecule has 2 bridgehead atoms. The van der Waals surface area contributed by atoms with Gasteiger partial charge in [-0.3, -0.25) is 19.3 Å². The lowest BCUT2D eigenvalue weighted by molar-refractivity contribution is -0.121. The maximum atomic E-state index is 12.3. The van der Waals surface area contributed by atoms with Crippen LogP contribution >= 0.6 is 0 Å². The molecule has 27 heavy (non-hydrogen) atoms. The SMILES string of the molecule is CC1(C)[C@@H]2CC[C@]1(C)/C(=N/NC(=O)CCN1C(=O)c3ccccc3C1=O)C2. The molecule has 1 aromatic carbocycles. The van der Waals surface area contributed by atoms with Crippen LogP contribution in [0.4, 0.5) is 0 Å². The highest BCUT2D eigenvalue weighted by atomic mass is 16.2. The van der Waals surface area contributed by atoms with Gasteiger partial charge < -0.3 is 0 Å². The van der Waals surface area contributed by atoms with Crippen molar-refractivity contribution in [3.8, 4) is 0 Å². The van der Waals surface area contributed by atoms with E-state index >= 15 is 0 Å². The van der Waals surface area contributed by atoms with Crippen molar-refractivity contribution in [1.29, 1.82) is 0 Å². The molecule has 0 saturated heterocycles. The average molecular weight is 367 g/mol. The normalized spacial score (nSPS) is 29.5. The molecule has 6 nitrogen and oxygen atoms in total. The summed E-state index contributed by atoms with van der Waals surface area (Å²) in [6.45, 7) is 6.88. The van der Waals surface area contributed by atoms with E-state index in [4.69, 9.17) is 0 Å². The number of imide groups is 1. The predicted molar refractivity (Wildman–Crippen MR) is 101 cm³/mol. The molecule has 3 aliphatic rings. The summed E-state index contributed by atoms with van der Waals surface area (Å²) in [5.41, 5.74) is 4.76. The van der Waals surface area contributed by atoms with Crippen molar-refractivity contribution < 1.29 is 14.4 Å². The summed E-state index contributed by atoms with van der Waals surface area (Å²) in [6, 6.07) is 6.74. The van der Waals surface area contributed by atoms with E-state index in [2.05, 4.69) is 31.3 Å². The van der Waals surface area contributed by atoms with E-state index in [1.54, 1.807) is 24.3 Å². The summed E-state index contributed by atoms with van der Waals surface area (Å²) in [7, 11) is 0. The minimum atomic E-state index is -0.336. The van der Waals surface area contributed by atoms with Gasteiger partial charge in [-0.15, -0.1) is 0 Å². The highest BCUT2D eigenvalue weighted by Gasteiger charge is 2.60. The number of benzene rings is 1. The number of hydrogen-bond donors (Lipinski definition) is 1. The molecule has 4 rings (SSSR count). The topological polar surface area (TPSA) is 78.8 Å². The van der Waals surface area contributed by atoms with Crippen molar-refractivity contribution in [2.24, 2.45) is 21.8 Å². The molecule has 0 radical (unpaired) electrons. The van der Waals surface area contributed by atoms with Gasteiger partial charge in [-0.1, -0.05) is 32.9 Å². The van der Waals surface area contributed by atoms with Gasteiger partial charge in [0.1, 0.15) is 0 Å². The molecular weight excluding hydrogens is 342 g/mol. The number of nitrogens with one attached hydrogen (secondary N) is 1. The Hall–Kier alpha value is -2.50. The zero-order chi connectivity index (χ0) is 19.4. The second kappa shape index (κ2) is 6.01. The third-order valence-electron chi connectivity index (χ3n) is 7.27. The molecule has 1 aromatic rings. The molecular formula is C21H25N3O3. The van der Waals surface area contributed by atoms with Crippen LogP contribution in [0.3, 0.4) is 0 Å². The summed E-state index contributed by atoms with van der Waals surface area (Å²) in [5, 5.41) is 4.42. The maximum Gasteiger partial charge on any atom is 0.261 e. The Labute approximate surface area is 159 Å². The Morgan fingerprint density at radius 1 is 1.19 bits per heavy atom. The van der Waals surface area contributed by atoms with Crippen molar-refractivity contribution in [1.82, 2.24) is 10.3 Å². The van der Waals surface area contributed by atoms with Crippen molar-refractivity contribution in [2.45, 2.75) is 46.5 Å². The molecule has 0 aromatic heterocycles. The second-order valence-electron chi connectivity index (χ2n) is 8.64. The lowest BCUT2D eigenvalue weighted by Crippen LogP contribution is -2.35. The fourth-order valence-corrected chi connectivity index (χ4v) is 4.94. The number of rotatable bonds is 4. The van der Waals surface area contributed by atoms with E-state index in [9.17, 15) is 14.4 Å². The summed E-state index contributed by atoms with van der Waals surface area (Å²) in [5.74, 6) is -0.325. The summed E-state index contributed by atoms with van der Waals surface area (Å²) < 4.78 is 0. The predicted octanol–water partition coefficient (Wildman–Crippen LogP) is 2.99. The Balaban J connectivity index is 1.37. The zero-order valence-electron chi connectivity index (χ0n) is 16.0. The lowest BCUT2D eigenvalue weighted by Gasteiger charge is -2.34. The molecule has 2 fully saturated rings. The zero-order valence-corrected chi connectivity index (χ0v) is 16.0. The molecule has 142 valence electrons. The Morgan fingerprint density at radius 2 is 1.81 bits per heavy atom. The number of hydrazone groups is 1. The van der Waals surface area contributed by atoms with Crippen LogP contribution in [-0.2, 0) is 4.79 Å². The monoisotopic (exact) mass is 367 g/mol. The molecule has 1 N–H and O–H groups in total. The highest BCUT2D eigenvalue weighted by molar-refractivity contribution is 6.21. The van der Waals surface area contributed by atoms with Crippen molar-refractivity contribution in [3.05, 3.63) is 35.4 Å². The van der Waals surface area contributed by atoms with Crippen LogP contribution in [-0.4, -0.2) is 34.9 Å². The largest absolute Gasteiger partial charge is 0.274 e. The van der Waals surface area contributed by atoms with Crippen molar-refractivity contribution in [2.75, 3.05) is 6.54 Å². The minimum absolute atomic E-state index is 0.0352. The van der Waals surface area contributed by atoms with Crippen LogP contribution in [0.1, 0.15) is 67.2 Å². The fourth-order valence-electron chi connectivity index (χ4n) is 4.94. The van der Waals surface area contributed by atoms with Crippen LogP contribution < -0.4 is 5.43 Å². The van der Waals surface area contributed by atoms with Crippen LogP contribution in [0, 0.1) is 16.7 Å². The molecule has 6 heteroatoms. The number of nitrogens with zero attached hydrogens (tertiary/aromatic N) is 2. The molecule has 0 unspecified atom stereocenters. The van der Waals surface area contributed by atoms with Crippen molar-refractivity contribution >= 4 is 23.4 Å². The highest BCUT2D eigenvalue weighted by Crippen LogP contribution is 2.63. The average Bonchev–Trinajstić information content (AvgIpc) is 3.10. The third kappa shape index (κ3) is 2.53. The summed E-state index contributed by atoms with van der Waals surface area (Å²) in [6.07, 6.45) is 3.30. The Bertz CT molecular complexity index is 838. The Kier molecular flexibility index (Phi) is 3.98.